The quantitative estimate of drug-likeness (QED) is 0.692. The molecule has 1 fully saturated rings. The Morgan fingerprint density at radius 2 is 1.84 bits per heavy atom. The van der Waals surface area contributed by atoms with E-state index in [-0.39, 0.29) is 24.5 Å². The van der Waals surface area contributed by atoms with Gasteiger partial charge in [0.05, 0.1) is 11.4 Å². The van der Waals surface area contributed by atoms with Gasteiger partial charge in [0.25, 0.3) is 11.1 Å². The number of benzene rings is 2. The first-order valence-corrected chi connectivity index (χ1v) is 9.11. The predicted molar refractivity (Wildman–Crippen MR) is 98.2 cm³/mol. The van der Waals surface area contributed by atoms with Crippen molar-refractivity contribution in [2.24, 2.45) is 0 Å². The van der Waals surface area contributed by atoms with Crippen molar-refractivity contribution < 1.29 is 19.1 Å². The van der Waals surface area contributed by atoms with Crippen LogP contribution < -0.4 is 9.47 Å². The number of nitrogens with zero attached hydrogens (tertiary/aromatic N) is 1. The molecule has 4 rings (SSSR count). The molecular weight excluding hydrogens is 406 g/mol. The molecule has 5 nitrogen and oxygen atoms in total. The molecule has 0 spiro atoms. The van der Waals surface area contributed by atoms with Gasteiger partial charge in [-0.05, 0) is 41.1 Å². The van der Waals surface area contributed by atoms with Crippen LogP contribution in [0, 0.1) is 0 Å². The molecule has 2 aromatic rings. The molecule has 2 aliphatic rings. The lowest BCUT2D eigenvalue weighted by Crippen LogP contribution is -2.27. The van der Waals surface area contributed by atoms with Gasteiger partial charge in [-0.2, -0.15) is 0 Å². The molecule has 2 amide bonds. The first-order chi connectivity index (χ1) is 12.1. The van der Waals surface area contributed by atoms with Crippen LogP contribution in [0.3, 0.4) is 0 Å². The van der Waals surface area contributed by atoms with Crippen molar-refractivity contribution in [1.82, 2.24) is 4.90 Å². The summed E-state index contributed by atoms with van der Waals surface area (Å²) in [5.41, 5.74) is 1.67. The second-order valence-electron chi connectivity index (χ2n) is 5.48. The zero-order valence-corrected chi connectivity index (χ0v) is 15.3. The summed E-state index contributed by atoms with van der Waals surface area (Å²) in [5.74, 6) is 0.989. The van der Waals surface area contributed by atoms with E-state index in [4.69, 9.17) is 9.47 Å². The molecule has 0 radical (unpaired) electrons. The van der Waals surface area contributed by atoms with Crippen molar-refractivity contribution in [3.05, 3.63) is 63.0 Å². The van der Waals surface area contributed by atoms with Gasteiger partial charge in [0.2, 0.25) is 6.79 Å². The highest BCUT2D eigenvalue weighted by Crippen LogP contribution is 2.40. The molecule has 0 atom stereocenters. The van der Waals surface area contributed by atoms with Crippen LogP contribution in [-0.4, -0.2) is 22.8 Å². The highest BCUT2D eigenvalue weighted by atomic mass is 79.9. The lowest BCUT2D eigenvalue weighted by Gasteiger charge is -2.12. The average Bonchev–Trinajstić information content (AvgIpc) is 3.16. The fourth-order valence-corrected chi connectivity index (χ4v) is 3.85. The monoisotopic (exact) mass is 417 g/mol. The van der Waals surface area contributed by atoms with E-state index in [2.05, 4.69) is 15.9 Å². The predicted octanol–water partition coefficient (Wildman–Crippen LogP) is 4.41. The number of imide groups is 1. The van der Waals surface area contributed by atoms with Crippen molar-refractivity contribution >= 4 is 44.9 Å². The van der Waals surface area contributed by atoms with Crippen LogP contribution in [-0.2, 0) is 11.3 Å². The zero-order chi connectivity index (χ0) is 17.4. The fourth-order valence-electron chi connectivity index (χ4n) is 2.59. The first kappa shape index (κ1) is 16.2. The Morgan fingerprint density at radius 3 is 2.60 bits per heavy atom. The Balaban J connectivity index is 1.60. The summed E-state index contributed by atoms with van der Waals surface area (Å²) in [7, 11) is 0. The van der Waals surface area contributed by atoms with Gasteiger partial charge in [0.1, 0.15) is 0 Å². The second-order valence-corrected chi connectivity index (χ2v) is 7.33. The molecular formula is C18H12BrNO4S. The third-order valence-electron chi connectivity index (χ3n) is 3.84. The number of amides is 2. The Hall–Kier alpha value is -2.25. The molecule has 0 N–H and O–H groups in total. The minimum Gasteiger partial charge on any atom is -0.454 e. The molecule has 0 aliphatic carbocycles. The maximum Gasteiger partial charge on any atom is 0.293 e. The van der Waals surface area contributed by atoms with Crippen LogP contribution in [0.5, 0.6) is 11.5 Å². The number of carbonyl (C=O) groups excluding carboxylic acids is 2. The molecule has 7 heteroatoms. The largest absolute Gasteiger partial charge is 0.454 e. The number of rotatable bonds is 3. The summed E-state index contributed by atoms with van der Waals surface area (Å²) in [6, 6.07) is 13.0. The minimum atomic E-state index is -0.289. The number of fused-ring (bicyclic) bond motifs is 1. The maximum absolute atomic E-state index is 12.6. The van der Waals surface area contributed by atoms with Gasteiger partial charge in [-0.1, -0.05) is 46.3 Å². The third-order valence-corrected chi connectivity index (χ3v) is 5.43. The summed E-state index contributed by atoms with van der Waals surface area (Å²) in [5, 5.41) is -0.267. The number of carbonyl (C=O) groups is 2. The van der Waals surface area contributed by atoms with Gasteiger partial charge in [-0.3, -0.25) is 14.5 Å². The average molecular weight is 418 g/mol. The molecule has 2 aliphatic heterocycles. The topological polar surface area (TPSA) is 55.8 Å². The lowest BCUT2D eigenvalue weighted by molar-refractivity contribution is -0.123. The maximum atomic E-state index is 12.6. The van der Waals surface area contributed by atoms with E-state index in [9.17, 15) is 9.59 Å². The Morgan fingerprint density at radius 1 is 1.12 bits per heavy atom. The highest BCUT2D eigenvalue weighted by molar-refractivity contribution is 9.10. The van der Waals surface area contributed by atoms with Gasteiger partial charge in [0.15, 0.2) is 11.5 Å². The third kappa shape index (κ3) is 3.17. The molecule has 0 saturated carbocycles. The summed E-state index contributed by atoms with van der Waals surface area (Å²) < 4.78 is 11.5. The Bertz CT molecular complexity index is 897. The van der Waals surface area contributed by atoms with Crippen molar-refractivity contribution in [1.29, 1.82) is 0 Å². The van der Waals surface area contributed by atoms with Gasteiger partial charge >= 0.3 is 0 Å². The SMILES string of the molecule is O=C1S/C(=C\c2cc3c(cc2Br)OCO3)C(=O)N1Cc1ccccc1. The van der Waals surface area contributed by atoms with Gasteiger partial charge in [-0.25, -0.2) is 0 Å². The number of thioether (sulfide) groups is 1. The van der Waals surface area contributed by atoms with Crippen LogP contribution in [0.1, 0.15) is 11.1 Å². The molecule has 0 bridgehead atoms. The van der Waals surface area contributed by atoms with Gasteiger partial charge in [0, 0.05) is 4.47 Å². The molecule has 25 heavy (non-hydrogen) atoms. The molecule has 0 unspecified atom stereocenters. The lowest BCUT2D eigenvalue weighted by atomic mass is 10.1. The van der Waals surface area contributed by atoms with E-state index in [1.807, 2.05) is 30.3 Å². The summed E-state index contributed by atoms with van der Waals surface area (Å²) in [4.78, 5) is 26.5. The molecule has 0 aromatic heterocycles. The van der Waals surface area contributed by atoms with Gasteiger partial charge < -0.3 is 9.47 Å². The number of halogens is 1. The van der Waals surface area contributed by atoms with E-state index in [1.54, 1.807) is 18.2 Å². The fraction of sp³-hybridized carbons (Fsp3) is 0.111. The Labute approximate surface area is 156 Å². The molecule has 2 heterocycles. The molecule has 126 valence electrons. The van der Waals surface area contributed by atoms with E-state index in [1.165, 1.54) is 4.90 Å². The van der Waals surface area contributed by atoms with Crippen LogP contribution in [0.15, 0.2) is 51.8 Å². The van der Waals surface area contributed by atoms with Crippen LogP contribution >= 0.6 is 27.7 Å². The minimum absolute atomic E-state index is 0.179. The van der Waals surface area contributed by atoms with Crippen molar-refractivity contribution in [3.8, 4) is 11.5 Å². The Kier molecular flexibility index (Phi) is 4.27. The number of ether oxygens (including phenoxy) is 2. The van der Waals surface area contributed by atoms with E-state index in [0.29, 0.717) is 16.4 Å². The molecule has 1 saturated heterocycles. The highest BCUT2D eigenvalue weighted by Gasteiger charge is 2.35. The first-order valence-electron chi connectivity index (χ1n) is 7.50. The number of hydrogen-bond donors (Lipinski definition) is 0. The summed E-state index contributed by atoms with van der Waals surface area (Å²) in [6.45, 7) is 0.448. The summed E-state index contributed by atoms with van der Waals surface area (Å²) >= 11 is 4.41. The normalized spacial score (nSPS) is 17.6. The number of hydrogen-bond acceptors (Lipinski definition) is 5. The summed E-state index contributed by atoms with van der Waals surface area (Å²) in [6.07, 6.45) is 1.70. The van der Waals surface area contributed by atoms with Crippen LogP contribution in [0.2, 0.25) is 0 Å². The van der Waals surface area contributed by atoms with Gasteiger partial charge in [-0.15, -0.1) is 0 Å². The zero-order valence-electron chi connectivity index (χ0n) is 12.9. The molecule has 2 aromatic carbocycles. The van der Waals surface area contributed by atoms with Crippen molar-refractivity contribution in [3.63, 3.8) is 0 Å². The standard InChI is InChI=1S/C18H12BrNO4S/c19-13-8-15-14(23-10-24-15)6-12(13)7-16-17(21)20(18(22)25-16)9-11-4-2-1-3-5-11/h1-8H,9-10H2/b16-7-. The van der Waals surface area contributed by atoms with Crippen molar-refractivity contribution in [2.45, 2.75) is 6.54 Å². The smallest absolute Gasteiger partial charge is 0.293 e. The van der Waals surface area contributed by atoms with E-state index in [0.717, 1.165) is 27.4 Å². The van der Waals surface area contributed by atoms with Crippen LogP contribution in [0.4, 0.5) is 4.79 Å². The van der Waals surface area contributed by atoms with Crippen LogP contribution in [0.25, 0.3) is 6.08 Å². The van der Waals surface area contributed by atoms with Crippen molar-refractivity contribution in [2.75, 3.05) is 6.79 Å². The van der Waals surface area contributed by atoms with E-state index >= 15 is 0 Å². The van der Waals surface area contributed by atoms with E-state index < -0.39 is 0 Å². The second kappa shape index (κ2) is 6.57.